The summed E-state index contributed by atoms with van der Waals surface area (Å²) in [6, 6.07) is 5.17. The monoisotopic (exact) mass is 380 g/mol. The third kappa shape index (κ3) is 4.72. The van der Waals surface area contributed by atoms with Crippen LogP contribution in [0.2, 0.25) is 0 Å². The van der Waals surface area contributed by atoms with E-state index < -0.39 is 16.1 Å². The van der Waals surface area contributed by atoms with Gasteiger partial charge in [0.15, 0.2) is 0 Å². The summed E-state index contributed by atoms with van der Waals surface area (Å²) in [6.45, 7) is 11.0. The molecule has 7 heteroatoms. The van der Waals surface area contributed by atoms with Gasteiger partial charge in [-0.1, -0.05) is 12.1 Å². The fourth-order valence-corrected chi connectivity index (χ4v) is 4.34. The Hall–Kier alpha value is -1.70. The van der Waals surface area contributed by atoms with Crippen LogP contribution < -0.4 is 0 Å². The number of ether oxygens (including phenoxy) is 1. The maximum atomic E-state index is 12.8. The molecule has 1 fully saturated rings. The van der Waals surface area contributed by atoms with E-state index in [0.717, 1.165) is 11.1 Å². The summed E-state index contributed by atoms with van der Waals surface area (Å²) in [4.78, 5) is 14.4. The minimum absolute atomic E-state index is 0.0997. The molecule has 0 radical (unpaired) electrons. The first-order chi connectivity index (χ1) is 12.3. The van der Waals surface area contributed by atoms with E-state index in [1.807, 2.05) is 19.9 Å². The van der Waals surface area contributed by atoms with Gasteiger partial charge < -0.3 is 9.64 Å². The summed E-state index contributed by atoms with van der Waals surface area (Å²) in [6.07, 6.45) is 1.91. The Kier molecular flexibility index (Phi) is 6.97. The molecule has 1 saturated heterocycles. The van der Waals surface area contributed by atoms with Gasteiger partial charge in [0.1, 0.15) is 6.10 Å². The van der Waals surface area contributed by atoms with Crippen molar-refractivity contribution in [2.45, 2.75) is 38.2 Å². The summed E-state index contributed by atoms with van der Waals surface area (Å²) < 4.78 is 32.6. The second-order valence-corrected chi connectivity index (χ2v) is 8.50. The first-order valence-electron chi connectivity index (χ1n) is 8.86. The zero-order valence-corrected chi connectivity index (χ0v) is 16.6. The van der Waals surface area contributed by atoms with E-state index in [1.54, 1.807) is 30.0 Å². The number of rotatable bonds is 7. The number of nitrogens with zero attached hydrogens (tertiary/aromatic N) is 2. The summed E-state index contributed by atoms with van der Waals surface area (Å²) >= 11 is 0. The topological polar surface area (TPSA) is 66.9 Å². The van der Waals surface area contributed by atoms with Crippen molar-refractivity contribution in [2.24, 2.45) is 0 Å². The third-order valence-electron chi connectivity index (χ3n) is 4.70. The van der Waals surface area contributed by atoms with Gasteiger partial charge in [-0.05, 0) is 50.5 Å². The average molecular weight is 381 g/mol. The van der Waals surface area contributed by atoms with Crippen molar-refractivity contribution < 1.29 is 17.9 Å². The van der Waals surface area contributed by atoms with Crippen molar-refractivity contribution in [1.29, 1.82) is 0 Å². The Morgan fingerprint density at radius 1 is 1.23 bits per heavy atom. The molecule has 0 aliphatic carbocycles. The number of benzene rings is 1. The molecule has 0 saturated carbocycles. The fourth-order valence-electron chi connectivity index (χ4n) is 2.83. The lowest BCUT2D eigenvalue weighted by molar-refractivity contribution is -0.143. The van der Waals surface area contributed by atoms with Crippen LogP contribution in [0.25, 0.3) is 0 Å². The van der Waals surface area contributed by atoms with Gasteiger partial charge in [-0.25, -0.2) is 8.42 Å². The molecule has 1 unspecified atom stereocenters. The minimum atomic E-state index is -3.54. The van der Waals surface area contributed by atoms with Crippen molar-refractivity contribution in [2.75, 3.05) is 32.8 Å². The van der Waals surface area contributed by atoms with E-state index in [0.29, 0.717) is 44.1 Å². The van der Waals surface area contributed by atoms with Crippen molar-refractivity contribution in [1.82, 2.24) is 9.21 Å². The second kappa shape index (κ2) is 8.79. The van der Waals surface area contributed by atoms with E-state index in [-0.39, 0.29) is 5.91 Å². The quantitative estimate of drug-likeness (QED) is 0.537. The highest BCUT2D eigenvalue weighted by atomic mass is 32.2. The molecule has 1 amide bonds. The van der Waals surface area contributed by atoms with E-state index in [1.165, 1.54) is 4.31 Å². The molecular formula is C19H28N2O4S. The highest BCUT2D eigenvalue weighted by Crippen LogP contribution is 2.20. The third-order valence-corrected chi connectivity index (χ3v) is 6.60. The molecule has 6 nitrogen and oxygen atoms in total. The predicted octanol–water partition coefficient (Wildman–Crippen LogP) is 2.12. The molecule has 1 heterocycles. The van der Waals surface area contributed by atoms with E-state index in [9.17, 15) is 13.2 Å². The molecule has 1 aliphatic rings. The molecule has 0 N–H and O–H groups in total. The number of piperazine rings is 1. The van der Waals surface area contributed by atoms with Crippen LogP contribution in [0.3, 0.4) is 0 Å². The molecule has 1 aromatic rings. The van der Waals surface area contributed by atoms with Crippen LogP contribution in [0.15, 0.2) is 35.7 Å². The highest BCUT2D eigenvalue weighted by molar-refractivity contribution is 7.89. The van der Waals surface area contributed by atoms with Crippen LogP contribution in [0.5, 0.6) is 0 Å². The van der Waals surface area contributed by atoms with Gasteiger partial charge in [-0.3, -0.25) is 4.79 Å². The average Bonchev–Trinajstić information content (AvgIpc) is 2.63. The summed E-state index contributed by atoms with van der Waals surface area (Å²) in [5.41, 5.74) is 2.01. The number of aryl methyl sites for hydroxylation is 2. The molecule has 26 heavy (non-hydrogen) atoms. The SMILES string of the molecule is C=CCCOC(C)C(=O)N1CCN(S(=O)(=O)c2ccc(C)c(C)c2)CC1. The number of carbonyl (C=O) groups excluding carboxylic acids is 1. The number of hydrogen-bond acceptors (Lipinski definition) is 4. The Labute approximate surface area is 156 Å². The zero-order valence-electron chi connectivity index (χ0n) is 15.8. The largest absolute Gasteiger partial charge is 0.368 e. The van der Waals surface area contributed by atoms with E-state index >= 15 is 0 Å². The number of hydrogen-bond donors (Lipinski definition) is 0. The lowest BCUT2D eigenvalue weighted by atomic mass is 10.1. The first-order valence-corrected chi connectivity index (χ1v) is 10.3. The predicted molar refractivity (Wildman–Crippen MR) is 101 cm³/mol. The molecular weight excluding hydrogens is 352 g/mol. The maximum absolute atomic E-state index is 12.8. The van der Waals surface area contributed by atoms with E-state index in [4.69, 9.17) is 4.74 Å². The van der Waals surface area contributed by atoms with Gasteiger partial charge in [0, 0.05) is 26.2 Å². The number of sulfonamides is 1. The van der Waals surface area contributed by atoms with Gasteiger partial charge in [0.05, 0.1) is 11.5 Å². The summed E-state index contributed by atoms with van der Waals surface area (Å²) in [7, 11) is -3.54. The Balaban J connectivity index is 1.97. The van der Waals surface area contributed by atoms with Crippen molar-refractivity contribution in [3.63, 3.8) is 0 Å². The number of amides is 1. The lowest BCUT2D eigenvalue weighted by Gasteiger charge is -2.35. The summed E-state index contributed by atoms with van der Waals surface area (Å²) in [5.74, 6) is -0.0997. The molecule has 1 aromatic carbocycles. The van der Waals surface area contributed by atoms with Crippen molar-refractivity contribution >= 4 is 15.9 Å². The Morgan fingerprint density at radius 2 is 1.88 bits per heavy atom. The number of carbonyl (C=O) groups is 1. The molecule has 1 aliphatic heterocycles. The molecule has 0 spiro atoms. The normalized spacial score (nSPS) is 17.1. The van der Waals surface area contributed by atoms with Gasteiger partial charge in [-0.15, -0.1) is 6.58 Å². The van der Waals surface area contributed by atoms with Gasteiger partial charge in [0.25, 0.3) is 5.91 Å². The van der Waals surface area contributed by atoms with Gasteiger partial charge in [0.2, 0.25) is 10.0 Å². The van der Waals surface area contributed by atoms with Gasteiger partial charge >= 0.3 is 0 Å². The first kappa shape index (κ1) is 20.6. The van der Waals surface area contributed by atoms with E-state index in [2.05, 4.69) is 6.58 Å². The molecule has 144 valence electrons. The van der Waals surface area contributed by atoms with Gasteiger partial charge in [-0.2, -0.15) is 4.31 Å². The lowest BCUT2D eigenvalue weighted by Crippen LogP contribution is -2.52. The van der Waals surface area contributed by atoms with Crippen molar-refractivity contribution in [3.05, 3.63) is 42.0 Å². The van der Waals surface area contributed by atoms with Crippen molar-refractivity contribution in [3.8, 4) is 0 Å². The smallest absolute Gasteiger partial charge is 0.251 e. The molecule has 0 aromatic heterocycles. The molecule has 1 atom stereocenters. The summed E-state index contributed by atoms with van der Waals surface area (Å²) in [5, 5.41) is 0. The highest BCUT2D eigenvalue weighted by Gasteiger charge is 2.31. The maximum Gasteiger partial charge on any atom is 0.251 e. The van der Waals surface area contributed by atoms with Crippen LogP contribution >= 0.6 is 0 Å². The van der Waals surface area contributed by atoms with Crippen LogP contribution in [-0.4, -0.2) is 62.4 Å². The second-order valence-electron chi connectivity index (χ2n) is 6.57. The zero-order chi connectivity index (χ0) is 19.3. The van der Waals surface area contributed by atoms with Crippen LogP contribution in [-0.2, 0) is 19.6 Å². The minimum Gasteiger partial charge on any atom is -0.368 e. The molecule has 0 bridgehead atoms. The molecule has 2 rings (SSSR count). The van der Waals surface area contributed by atoms with Crippen LogP contribution in [0.1, 0.15) is 24.5 Å². The Bertz CT molecular complexity index is 753. The standard InChI is InChI=1S/C19H28N2O4S/c1-5-6-13-25-17(4)19(22)20-9-11-21(12-10-20)26(23,24)18-8-7-15(2)16(3)14-18/h5,7-8,14,17H,1,6,9-13H2,2-4H3. The Morgan fingerprint density at radius 3 is 2.46 bits per heavy atom. The van der Waals surface area contributed by atoms with Crippen LogP contribution in [0.4, 0.5) is 0 Å². The fraction of sp³-hybridized carbons (Fsp3) is 0.526. The van der Waals surface area contributed by atoms with Crippen LogP contribution in [0, 0.1) is 13.8 Å².